The molecule has 0 fully saturated rings. The fraction of sp³-hybridized carbons (Fsp3) is 0.231. The number of aromatic nitrogens is 1. The van der Waals surface area contributed by atoms with Crippen LogP contribution in [-0.2, 0) is 0 Å². The van der Waals surface area contributed by atoms with Crippen molar-refractivity contribution in [3.63, 3.8) is 0 Å². The Morgan fingerprint density at radius 2 is 2.00 bits per heavy atom. The van der Waals surface area contributed by atoms with Crippen molar-refractivity contribution in [3.8, 4) is 6.07 Å². The molecule has 2 aromatic rings. The Balaban J connectivity index is 2.44. The first-order valence-corrected chi connectivity index (χ1v) is 6.12. The number of thiazole rings is 1. The van der Waals surface area contributed by atoms with Gasteiger partial charge < -0.3 is 4.90 Å². The number of benzene rings is 1. The number of aryl methyl sites for hydroxylation is 2. The van der Waals surface area contributed by atoms with Crippen molar-refractivity contribution in [1.82, 2.24) is 4.98 Å². The summed E-state index contributed by atoms with van der Waals surface area (Å²) in [7, 11) is 1.94. The van der Waals surface area contributed by atoms with E-state index in [1.54, 1.807) is 11.3 Å². The molecule has 0 aliphatic rings. The van der Waals surface area contributed by atoms with Crippen LogP contribution in [0.1, 0.15) is 16.1 Å². The maximum absolute atomic E-state index is 9.08. The Hall–Kier alpha value is -1.86. The number of nitriles is 1. The van der Waals surface area contributed by atoms with Crippen LogP contribution in [0.2, 0.25) is 0 Å². The number of nitrogens with zero attached hydrogens (tertiary/aromatic N) is 3. The standard InChI is InChI=1S/C13H13N3S/c1-9-10(2)17-13(15-9)16(3)12-7-5-4-6-11(12)8-14/h4-7H,1-3H3. The van der Waals surface area contributed by atoms with Crippen LogP contribution in [0.25, 0.3) is 0 Å². The second kappa shape index (κ2) is 4.56. The molecule has 86 valence electrons. The summed E-state index contributed by atoms with van der Waals surface area (Å²) in [4.78, 5) is 7.67. The minimum absolute atomic E-state index is 0.667. The van der Waals surface area contributed by atoms with Crippen molar-refractivity contribution in [2.75, 3.05) is 11.9 Å². The summed E-state index contributed by atoms with van der Waals surface area (Å²) >= 11 is 1.64. The molecular formula is C13H13N3S. The normalized spacial score (nSPS) is 10.0. The van der Waals surface area contributed by atoms with Crippen LogP contribution >= 0.6 is 11.3 Å². The highest BCUT2D eigenvalue weighted by atomic mass is 32.1. The van der Waals surface area contributed by atoms with Gasteiger partial charge in [0.2, 0.25) is 0 Å². The second-order valence-corrected chi connectivity index (χ2v) is 5.01. The SMILES string of the molecule is Cc1nc(N(C)c2ccccc2C#N)sc1C. The first kappa shape index (κ1) is 11.6. The zero-order valence-corrected chi connectivity index (χ0v) is 10.9. The van der Waals surface area contributed by atoms with E-state index in [0.29, 0.717) is 5.56 Å². The van der Waals surface area contributed by atoms with Crippen molar-refractivity contribution < 1.29 is 0 Å². The number of anilines is 2. The summed E-state index contributed by atoms with van der Waals surface area (Å²) in [6.07, 6.45) is 0. The molecule has 0 spiro atoms. The number of para-hydroxylation sites is 1. The third kappa shape index (κ3) is 2.15. The lowest BCUT2D eigenvalue weighted by Crippen LogP contribution is -2.10. The van der Waals surface area contributed by atoms with Crippen LogP contribution in [0.5, 0.6) is 0 Å². The van der Waals surface area contributed by atoms with E-state index in [4.69, 9.17) is 5.26 Å². The van der Waals surface area contributed by atoms with Crippen LogP contribution in [0.3, 0.4) is 0 Å². The molecule has 0 saturated heterocycles. The lowest BCUT2D eigenvalue weighted by atomic mass is 10.2. The summed E-state index contributed by atoms with van der Waals surface area (Å²) in [6.45, 7) is 4.06. The fourth-order valence-electron chi connectivity index (χ4n) is 1.56. The average Bonchev–Trinajstić information content (AvgIpc) is 2.68. The van der Waals surface area contributed by atoms with Gasteiger partial charge in [-0.3, -0.25) is 0 Å². The Labute approximate surface area is 105 Å². The predicted molar refractivity (Wildman–Crippen MR) is 70.8 cm³/mol. The molecule has 2 rings (SSSR count). The molecule has 0 aliphatic carbocycles. The molecule has 0 amide bonds. The first-order chi connectivity index (χ1) is 8.13. The zero-order valence-electron chi connectivity index (χ0n) is 10.1. The van der Waals surface area contributed by atoms with Gasteiger partial charge in [0.05, 0.1) is 16.9 Å². The summed E-state index contributed by atoms with van der Waals surface area (Å²) in [5.41, 5.74) is 2.61. The maximum atomic E-state index is 9.08. The van der Waals surface area contributed by atoms with Gasteiger partial charge in [-0.1, -0.05) is 12.1 Å². The third-order valence-electron chi connectivity index (χ3n) is 2.69. The van der Waals surface area contributed by atoms with Gasteiger partial charge in [0.15, 0.2) is 5.13 Å². The van der Waals surface area contributed by atoms with Crippen molar-refractivity contribution in [2.24, 2.45) is 0 Å². The van der Waals surface area contributed by atoms with E-state index in [2.05, 4.69) is 18.0 Å². The summed E-state index contributed by atoms with van der Waals surface area (Å²) in [6, 6.07) is 9.76. The van der Waals surface area contributed by atoms with Gasteiger partial charge >= 0.3 is 0 Å². The zero-order chi connectivity index (χ0) is 12.4. The average molecular weight is 243 g/mol. The van der Waals surface area contributed by atoms with Crippen molar-refractivity contribution >= 4 is 22.2 Å². The molecule has 0 aliphatic heterocycles. The maximum Gasteiger partial charge on any atom is 0.190 e. The Bertz CT molecular complexity index is 561. The number of rotatable bonds is 2. The third-order valence-corrected chi connectivity index (χ3v) is 3.84. The Morgan fingerprint density at radius 1 is 1.29 bits per heavy atom. The minimum Gasteiger partial charge on any atom is -0.320 e. The Morgan fingerprint density at radius 3 is 2.59 bits per heavy atom. The van der Waals surface area contributed by atoms with Gasteiger partial charge in [-0.25, -0.2) is 4.98 Å². The highest BCUT2D eigenvalue weighted by molar-refractivity contribution is 7.15. The quantitative estimate of drug-likeness (QED) is 0.811. The molecule has 1 heterocycles. The van der Waals surface area contributed by atoms with Crippen LogP contribution in [0.15, 0.2) is 24.3 Å². The lowest BCUT2D eigenvalue weighted by Gasteiger charge is -2.16. The molecule has 17 heavy (non-hydrogen) atoms. The topological polar surface area (TPSA) is 39.9 Å². The molecule has 0 radical (unpaired) electrons. The molecule has 1 aromatic carbocycles. The van der Waals surface area contributed by atoms with E-state index in [1.165, 1.54) is 4.88 Å². The van der Waals surface area contributed by atoms with Gasteiger partial charge in [-0.2, -0.15) is 5.26 Å². The lowest BCUT2D eigenvalue weighted by molar-refractivity contribution is 1.13. The highest BCUT2D eigenvalue weighted by Gasteiger charge is 2.12. The van der Waals surface area contributed by atoms with E-state index in [9.17, 15) is 0 Å². The van der Waals surface area contributed by atoms with Gasteiger partial charge in [0, 0.05) is 11.9 Å². The molecule has 4 heteroatoms. The fourth-order valence-corrected chi connectivity index (χ4v) is 2.45. The van der Waals surface area contributed by atoms with E-state index < -0.39 is 0 Å². The van der Waals surface area contributed by atoms with E-state index in [-0.39, 0.29) is 0 Å². The first-order valence-electron chi connectivity index (χ1n) is 5.30. The monoisotopic (exact) mass is 243 g/mol. The van der Waals surface area contributed by atoms with Gasteiger partial charge in [0.25, 0.3) is 0 Å². The van der Waals surface area contributed by atoms with Crippen molar-refractivity contribution in [2.45, 2.75) is 13.8 Å². The van der Waals surface area contributed by atoms with Crippen molar-refractivity contribution in [3.05, 3.63) is 40.4 Å². The van der Waals surface area contributed by atoms with Crippen LogP contribution in [0.4, 0.5) is 10.8 Å². The van der Waals surface area contributed by atoms with E-state index in [1.807, 2.05) is 43.1 Å². The summed E-state index contributed by atoms with van der Waals surface area (Å²) in [5.74, 6) is 0. The van der Waals surface area contributed by atoms with Crippen molar-refractivity contribution in [1.29, 1.82) is 5.26 Å². The molecule has 0 atom stereocenters. The Kier molecular flexibility index (Phi) is 3.12. The molecule has 0 bridgehead atoms. The van der Waals surface area contributed by atoms with Gasteiger partial charge in [-0.05, 0) is 26.0 Å². The van der Waals surface area contributed by atoms with E-state index in [0.717, 1.165) is 16.5 Å². The van der Waals surface area contributed by atoms with Crippen LogP contribution in [0, 0.1) is 25.2 Å². The smallest absolute Gasteiger partial charge is 0.190 e. The van der Waals surface area contributed by atoms with E-state index >= 15 is 0 Å². The van der Waals surface area contributed by atoms with Crippen LogP contribution in [-0.4, -0.2) is 12.0 Å². The summed E-state index contributed by atoms with van der Waals surface area (Å²) < 4.78 is 0. The molecule has 3 nitrogen and oxygen atoms in total. The minimum atomic E-state index is 0.667. The van der Waals surface area contributed by atoms with Crippen LogP contribution < -0.4 is 4.90 Å². The summed E-state index contributed by atoms with van der Waals surface area (Å²) in [5, 5.41) is 10.00. The molecule has 0 saturated carbocycles. The largest absolute Gasteiger partial charge is 0.320 e. The second-order valence-electron chi connectivity index (χ2n) is 3.83. The highest BCUT2D eigenvalue weighted by Crippen LogP contribution is 2.31. The van der Waals surface area contributed by atoms with Gasteiger partial charge in [0.1, 0.15) is 6.07 Å². The number of hydrogen-bond donors (Lipinski definition) is 0. The molecule has 0 unspecified atom stereocenters. The molecular weight excluding hydrogens is 230 g/mol. The van der Waals surface area contributed by atoms with Gasteiger partial charge in [-0.15, -0.1) is 11.3 Å². The molecule has 0 N–H and O–H groups in total. The number of hydrogen-bond acceptors (Lipinski definition) is 4. The predicted octanol–water partition coefficient (Wildman–Crippen LogP) is 3.40. The molecule has 1 aromatic heterocycles.